The summed E-state index contributed by atoms with van der Waals surface area (Å²) in [4.78, 5) is 23.6. The number of rotatable bonds is 5. The third-order valence-corrected chi connectivity index (χ3v) is 4.63. The number of alkyl halides is 6. The predicted octanol–water partition coefficient (Wildman–Crippen LogP) is 5.49. The normalized spacial score (nSPS) is 11.9. The topological polar surface area (TPSA) is 98.6 Å². The van der Waals surface area contributed by atoms with Crippen LogP contribution in [0.15, 0.2) is 48.8 Å². The van der Waals surface area contributed by atoms with E-state index >= 15 is 0 Å². The Morgan fingerprint density at radius 2 is 1.53 bits per heavy atom. The molecule has 4 heterocycles. The number of halogens is 6. The number of aromatic nitrogens is 6. The molecule has 0 aliphatic heterocycles. The lowest BCUT2D eigenvalue weighted by molar-refractivity contribution is -0.141. The van der Waals surface area contributed by atoms with Crippen LogP contribution >= 0.6 is 0 Å². The zero-order chi connectivity index (χ0) is 26.1. The molecule has 14 heteroatoms. The van der Waals surface area contributed by atoms with Gasteiger partial charge in [0.25, 0.3) is 0 Å². The van der Waals surface area contributed by atoms with Crippen molar-refractivity contribution >= 4 is 11.6 Å². The van der Waals surface area contributed by atoms with Gasteiger partial charge in [-0.15, -0.1) is 0 Å². The van der Waals surface area contributed by atoms with Crippen molar-refractivity contribution in [1.29, 1.82) is 0 Å². The summed E-state index contributed by atoms with van der Waals surface area (Å²) in [6.07, 6.45) is -6.96. The number of methoxy groups -OCH3 is 1. The molecule has 0 saturated carbocycles. The van der Waals surface area contributed by atoms with Gasteiger partial charge in [-0.2, -0.15) is 36.3 Å². The summed E-state index contributed by atoms with van der Waals surface area (Å²) in [7, 11) is 1.35. The van der Waals surface area contributed by atoms with Crippen molar-refractivity contribution in [3.63, 3.8) is 0 Å². The number of hydrogen-bond donors (Lipinski definition) is 1. The molecular formula is C22H15F6N7O. The zero-order valence-electron chi connectivity index (χ0n) is 18.5. The van der Waals surface area contributed by atoms with Crippen molar-refractivity contribution in [2.75, 3.05) is 12.4 Å². The van der Waals surface area contributed by atoms with Crippen molar-refractivity contribution in [2.24, 2.45) is 0 Å². The van der Waals surface area contributed by atoms with E-state index in [2.05, 4.69) is 35.2 Å². The molecule has 0 aliphatic carbocycles. The van der Waals surface area contributed by atoms with Gasteiger partial charge in [0.05, 0.1) is 12.7 Å². The zero-order valence-corrected chi connectivity index (χ0v) is 18.5. The van der Waals surface area contributed by atoms with Crippen molar-refractivity contribution in [2.45, 2.75) is 19.3 Å². The minimum Gasteiger partial charge on any atom is -0.480 e. The van der Waals surface area contributed by atoms with E-state index in [1.807, 2.05) is 0 Å². The summed E-state index contributed by atoms with van der Waals surface area (Å²) in [6.45, 7) is 1.74. The number of aryl methyl sites for hydroxylation is 1. The average molecular weight is 507 g/mol. The van der Waals surface area contributed by atoms with Gasteiger partial charge in [-0.3, -0.25) is 4.98 Å². The maximum atomic E-state index is 13.2. The Morgan fingerprint density at radius 3 is 2.22 bits per heavy atom. The van der Waals surface area contributed by atoms with Crippen LogP contribution in [0.3, 0.4) is 0 Å². The highest BCUT2D eigenvalue weighted by atomic mass is 19.4. The lowest BCUT2D eigenvalue weighted by Crippen LogP contribution is -2.10. The summed E-state index contributed by atoms with van der Waals surface area (Å²) in [5, 5.41) is 2.62. The average Bonchev–Trinajstić information content (AvgIpc) is 2.83. The fourth-order valence-corrected chi connectivity index (χ4v) is 3.06. The molecule has 0 bridgehead atoms. The van der Waals surface area contributed by atoms with Crippen LogP contribution in [0.1, 0.15) is 17.0 Å². The predicted molar refractivity (Wildman–Crippen MR) is 115 cm³/mol. The minimum atomic E-state index is -4.72. The van der Waals surface area contributed by atoms with E-state index in [0.29, 0.717) is 5.56 Å². The summed E-state index contributed by atoms with van der Waals surface area (Å²) >= 11 is 0. The highest BCUT2D eigenvalue weighted by Crippen LogP contribution is 2.32. The maximum Gasteiger partial charge on any atom is 0.433 e. The van der Waals surface area contributed by atoms with Gasteiger partial charge < -0.3 is 10.1 Å². The summed E-state index contributed by atoms with van der Waals surface area (Å²) in [5.41, 5.74) is -1.65. The molecule has 186 valence electrons. The molecule has 0 unspecified atom stereocenters. The summed E-state index contributed by atoms with van der Waals surface area (Å²) < 4.78 is 84.2. The van der Waals surface area contributed by atoms with Crippen molar-refractivity contribution in [1.82, 2.24) is 29.9 Å². The van der Waals surface area contributed by atoms with Gasteiger partial charge in [0.2, 0.25) is 11.8 Å². The van der Waals surface area contributed by atoms with Gasteiger partial charge >= 0.3 is 12.4 Å². The highest BCUT2D eigenvalue weighted by molar-refractivity contribution is 5.67. The van der Waals surface area contributed by atoms with Crippen LogP contribution in [0, 0.1) is 6.92 Å². The first-order valence-corrected chi connectivity index (χ1v) is 10.1. The molecule has 36 heavy (non-hydrogen) atoms. The first kappa shape index (κ1) is 24.8. The standard InChI is InChI=1S/C22H15F6N7O/c1-11-8-13(19(36-2)30-10-11)17-33-18(14-4-3-5-15(32-14)21(23,24)25)35-20(34-17)31-12-6-7-29-16(9-12)22(26,27)28/h3-10H,1-2H3,(H,29,31,33,34,35). The maximum absolute atomic E-state index is 13.2. The first-order valence-electron chi connectivity index (χ1n) is 10.1. The van der Waals surface area contributed by atoms with E-state index in [1.165, 1.54) is 25.4 Å². The Morgan fingerprint density at radius 1 is 0.806 bits per heavy atom. The van der Waals surface area contributed by atoms with Crippen LogP contribution in [0.25, 0.3) is 22.9 Å². The van der Waals surface area contributed by atoms with Crippen LogP contribution in [0.5, 0.6) is 5.88 Å². The molecule has 4 aromatic rings. The lowest BCUT2D eigenvalue weighted by atomic mass is 10.2. The molecule has 1 N–H and O–H groups in total. The third kappa shape index (κ3) is 5.47. The van der Waals surface area contributed by atoms with Crippen molar-refractivity contribution < 1.29 is 31.1 Å². The molecule has 0 aliphatic rings. The molecule has 0 aromatic carbocycles. The number of ether oxygens (including phenoxy) is 1. The second kappa shape index (κ2) is 9.36. The minimum absolute atomic E-state index is 0.0557. The van der Waals surface area contributed by atoms with Gasteiger partial charge in [-0.05, 0) is 42.8 Å². The van der Waals surface area contributed by atoms with E-state index < -0.39 is 23.7 Å². The van der Waals surface area contributed by atoms with Crippen LogP contribution < -0.4 is 10.1 Å². The SMILES string of the molecule is COc1ncc(C)cc1-c1nc(Nc2ccnc(C(F)(F)F)c2)nc(-c2cccc(C(F)(F)F)n2)n1. The molecule has 8 nitrogen and oxygen atoms in total. The molecule has 0 fully saturated rings. The van der Waals surface area contributed by atoms with E-state index in [9.17, 15) is 26.3 Å². The molecule has 0 atom stereocenters. The van der Waals surface area contributed by atoms with Gasteiger partial charge in [0.15, 0.2) is 11.6 Å². The molecule has 0 spiro atoms. The Hall–Kier alpha value is -4.36. The Balaban J connectivity index is 1.87. The number of pyridine rings is 3. The lowest BCUT2D eigenvalue weighted by Gasteiger charge is -2.13. The smallest absolute Gasteiger partial charge is 0.433 e. The van der Waals surface area contributed by atoms with Crippen LogP contribution in [-0.4, -0.2) is 37.0 Å². The Kier molecular flexibility index (Phi) is 6.43. The number of anilines is 2. The highest BCUT2D eigenvalue weighted by Gasteiger charge is 2.33. The van der Waals surface area contributed by atoms with Gasteiger partial charge in [0, 0.05) is 18.1 Å². The molecule has 4 aromatic heterocycles. The van der Waals surface area contributed by atoms with Gasteiger partial charge in [-0.25, -0.2) is 15.0 Å². The molecule has 4 rings (SSSR count). The van der Waals surface area contributed by atoms with Gasteiger partial charge in [0.1, 0.15) is 17.1 Å². The second-order valence-electron chi connectivity index (χ2n) is 7.33. The number of nitrogens with zero attached hydrogens (tertiary/aromatic N) is 6. The molecule has 0 saturated heterocycles. The number of nitrogens with one attached hydrogen (secondary N) is 1. The first-order chi connectivity index (χ1) is 16.9. The summed E-state index contributed by atoms with van der Waals surface area (Å²) in [5.74, 6) is -0.455. The van der Waals surface area contributed by atoms with Crippen LogP contribution in [-0.2, 0) is 12.4 Å². The van der Waals surface area contributed by atoms with E-state index in [4.69, 9.17) is 4.74 Å². The molecule has 0 radical (unpaired) electrons. The van der Waals surface area contributed by atoms with Crippen molar-refractivity contribution in [3.05, 3.63) is 65.7 Å². The Labute approximate surface area is 199 Å². The fraction of sp³-hybridized carbons (Fsp3) is 0.182. The van der Waals surface area contributed by atoms with Gasteiger partial charge in [-0.1, -0.05) is 6.07 Å². The third-order valence-electron chi connectivity index (χ3n) is 4.63. The molecular weight excluding hydrogens is 492 g/mol. The largest absolute Gasteiger partial charge is 0.480 e. The Bertz CT molecular complexity index is 1410. The van der Waals surface area contributed by atoms with E-state index in [1.54, 1.807) is 13.0 Å². The van der Waals surface area contributed by atoms with E-state index in [-0.39, 0.29) is 40.4 Å². The quantitative estimate of drug-likeness (QED) is 0.354. The fourth-order valence-electron chi connectivity index (χ4n) is 3.06. The van der Waals surface area contributed by atoms with Crippen LogP contribution in [0.4, 0.5) is 38.0 Å². The van der Waals surface area contributed by atoms with Crippen molar-refractivity contribution in [3.8, 4) is 28.8 Å². The van der Waals surface area contributed by atoms with Crippen LogP contribution in [0.2, 0.25) is 0 Å². The number of hydrogen-bond acceptors (Lipinski definition) is 8. The second-order valence-corrected chi connectivity index (χ2v) is 7.33. The summed E-state index contributed by atoms with van der Waals surface area (Å²) in [6, 6.07) is 6.79. The van der Waals surface area contributed by atoms with E-state index in [0.717, 1.165) is 24.4 Å². The molecule has 0 amide bonds. The monoisotopic (exact) mass is 507 g/mol.